The zero-order valence-electron chi connectivity index (χ0n) is 17.4. The normalized spacial score (nSPS) is 18.4. The Kier molecular flexibility index (Phi) is 5.42. The van der Waals surface area contributed by atoms with Crippen LogP contribution >= 0.6 is 0 Å². The Morgan fingerprint density at radius 3 is 2.48 bits per heavy atom. The third kappa shape index (κ3) is 3.86. The van der Waals surface area contributed by atoms with Crippen molar-refractivity contribution in [3.63, 3.8) is 0 Å². The first-order valence-electron chi connectivity index (χ1n) is 10.2. The molecule has 1 aliphatic carbocycles. The fraction of sp³-hybridized carbons (Fsp3) is 0.250. The number of rotatable bonds is 4. The van der Waals surface area contributed by atoms with E-state index in [0.717, 1.165) is 24.1 Å². The van der Waals surface area contributed by atoms with E-state index in [1.807, 2.05) is 38.1 Å². The highest BCUT2D eigenvalue weighted by molar-refractivity contribution is 6.10. The molecule has 158 valence electrons. The molecule has 2 aromatic carbocycles. The van der Waals surface area contributed by atoms with E-state index in [-0.39, 0.29) is 17.4 Å². The SMILES string of the molecule is CC1=C(C(=O)Nc2ccccc2C)C(c2ccc([N+](=O)[O-])cc2)C2=C(CCCC2=O)N1. The number of non-ortho nitro benzene ring substituents is 1. The molecule has 0 saturated heterocycles. The summed E-state index contributed by atoms with van der Waals surface area (Å²) >= 11 is 0. The van der Waals surface area contributed by atoms with Gasteiger partial charge in [0.05, 0.1) is 4.92 Å². The first-order valence-corrected chi connectivity index (χ1v) is 10.2. The summed E-state index contributed by atoms with van der Waals surface area (Å²) in [6.07, 6.45) is 1.92. The van der Waals surface area contributed by atoms with Gasteiger partial charge in [-0.05, 0) is 43.9 Å². The van der Waals surface area contributed by atoms with E-state index in [4.69, 9.17) is 0 Å². The van der Waals surface area contributed by atoms with Crippen molar-refractivity contribution in [2.75, 3.05) is 5.32 Å². The second kappa shape index (κ2) is 8.18. The number of carbonyl (C=O) groups is 2. The van der Waals surface area contributed by atoms with Crippen LogP contribution in [0, 0.1) is 17.0 Å². The van der Waals surface area contributed by atoms with Crippen molar-refractivity contribution >= 4 is 23.1 Å². The van der Waals surface area contributed by atoms with E-state index in [9.17, 15) is 19.7 Å². The molecule has 1 atom stereocenters. The number of hydrogen-bond acceptors (Lipinski definition) is 5. The first kappa shape index (κ1) is 20.5. The second-order valence-corrected chi connectivity index (χ2v) is 7.88. The highest BCUT2D eigenvalue weighted by atomic mass is 16.6. The fourth-order valence-electron chi connectivity index (χ4n) is 4.31. The highest BCUT2D eigenvalue weighted by Crippen LogP contribution is 2.42. The molecule has 0 radical (unpaired) electrons. The van der Waals surface area contributed by atoms with E-state index in [0.29, 0.717) is 34.5 Å². The molecule has 0 aromatic heterocycles. The Hall–Kier alpha value is -3.74. The van der Waals surface area contributed by atoms with Gasteiger partial charge in [0.1, 0.15) is 0 Å². The molecule has 1 unspecified atom stereocenters. The first-order chi connectivity index (χ1) is 14.9. The molecule has 0 spiro atoms. The number of nitrogens with zero attached hydrogens (tertiary/aromatic N) is 1. The molecule has 2 aliphatic rings. The van der Waals surface area contributed by atoms with Crippen molar-refractivity contribution in [2.24, 2.45) is 0 Å². The Balaban J connectivity index is 1.79. The van der Waals surface area contributed by atoms with Crippen LogP contribution < -0.4 is 10.6 Å². The molecule has 2 N–H and O–H groups in total. The molecule has 1 heterocycles. The number of nitrogens with one attached hydrogen (secondary N) is 2. The summed E-state index contributed by atoms with van der Waals surface area (Å²) in [5.41, 5.74) is 4.83. The maximum absolute atomic E-state index is 13.4. The van der Waals surface area contributed by atoms with Gasteiger partial charge in [-0.1, -0.05) is 30.3 Å². The Morgan fingerprint density at radius 2 is 1.81 bits per heavy atom. The zero-order chi connectivity index (χ0) is 22.1. The average Bonchev–Trinajstić information content (AvgIpc) is 2.74. The lowest BCUT2D eigenvalue weighted by molar-refractivity contribution is -0.384. The number of amides is 1. The number of allylic oxidation sites excluding steroid dienone is 3. The van der Waals surface area contributed by atoms with Gasteiger partial charge in [0, 0.05) is 52.7 Å². The van der Waals surface area contributed by atoms with Crippen molar-refractivity contribution in [3.8, 4) is 0 Å². The van der Waals surface area contributed by atoms with Crippen LogP contribution in [0.5, 0.6) is 0 Å². The summed E-state index contributed by atoms with van der Waals surface area (Å²) in [5, 5.41) is 17.3. The lowest BCUT2D eigenvalue weighted by Crippen LogP contribution is -2.35. The quantitative estimate of drug-likeness (QED) is 0.563. The summed E-state index contributed by atoms with van der Waals surface area (Å²) in [4.78, 5) is 37.0. The van der Waals surface area contributed by atoms with Gasteiger partial charge in [0.15, 0.2) is 5.78 Å². The third-order valence-corrected chi connectivity index (χ3v) is 5.85. The number of anilines is 1. The van der Waals surface area contributed by atoms with Gasteiger partial charge in [-0.25, -0.2) is 0 Å². The van der Waals surface area contributed by atoms with Gasteiger partial charge in [-0.2, -0.15) is 0 Å². The van der Waals surface area contributed by atoms with Crippen LogP contribution in [0.3, 0.4) is 0 Å². The van der Waals surface area contributed by atoms with E-state index >= 15 is 0 Å². The van der Waals surface area contributed by atoms with E-state index in [1.165, 1.54) is 12.1 Å². The maximum atomic E-state index is 13.4. The van der Waals surface area contributed by atoms with Crippen molar-refractivity contribution in [1.29, 1.82) is 0 Å². The number of Topliss-reactive ketones (excluding diaryl/α,β-unsaturated/α-hetero) is 1. The Labute approximate surface area is 180 Å². The summed E-state index contributed by atoms with van der Waals surface area (Å²) in [7, 11) is 0. The molecule has 0 saturated carbocycles. The lowest BCUT2D eigenvalue weighted by Gasteiger charge is -2.34. The van der Waals surface area contributed by atoms with Gasteiger partial charge in [0.25, 0.3) is 11.6 Å². The number of dihydropyridines is 1. The van der Waals surface area contributed by atoms with Gasteiger partial charge < -0.3 is 10.6 Å². The number of carbonyl (C=O) groups excluding carboxylic acids is 2. The van der Waals surface area contributed by atoms with E-state index in [2.05, 4.69) is 10.6 Å². The second-order valence-electron chi connectivity index (χ2n) is 7.88. The predicted octanol–water partition coefficient (Wildman–Crippen LogP) is 4.51. The number of hydrogen-bond donors (Lipinski definition) is 2. The molecule has 0 bridgehead atoms. The summed E-state index contributed by atoms with van der Waals surface area (Å²) in [6, 6.07) is 13.6. The molecular weight excluding hydrogens is 394 g/mol. The molecule has 7 heteroatoms. The smallest absolute Gasteiger partial charge is 0.269 e. The number of para-hydroxylation sites is 1. The minimum Gasteiger partial charge on any atom is -0.362 e. The number of aryl methyl sites for hydroxylation is 1. The molecule has 7 nitrogen and oxygen atoms in total. The molecule has 2 aromatic rings. The summed E-state index contributed by atoms with van der Waals surface area (Å²) < 4.78 is 0. The maximum Gasteiger partial charge on any atom is 0.269 e. The molecule has 0 fully saturated rings. The van der Waals surface area contributed by atoms with Crippen LogP contribution in [-0.2, 0) is 9.59 Å². The minimum absolute atomic E-state index is 0.00537. The number of ketones is 1. The van der Waals surface area contributed by atoms with Crippen molar-refractivity contribution in [3.05, 3.63) is 92.3 Å². The monoisotopic (exact) mass is 417 g/mol. The van der Waals surface area contributed by atoms with Crippen molar-refractivity contribution in [2.45, 2.75) is 39.0 Å². The minimum atomic E-state index is -0.575. The average molecular weight is 417 g/mol. The molecule has 4 rings (SSSR count). The van der Waals surface area contributed by atoms with Gasteiger partial charge >= 0.3 is 0 Å². The largest absolute Gasteiger partial charge is 0.362 e. The van der Waals surface area contributed by atoms with Gasteiger partial charge in [0.2, 0.25) is 0 Å². The van der Waals surface area contributed by atoms with Crippen LogP contribution in [0.15, 0.2) is 71.1 Å². The molecular formula is C24H23N3O4. The molecule has 1 amide bonds. The summed E-state index contributed by atoms with van der Waals surface area (Å²) in [5.74, 6) is -0.868. The Morgan fingerprint density at radius 1 is 1.10 bits per heavy atom. The van der Waals surface area contributed by atoms with Crippen LogP contribution in [0.25, 0.3) is 0 Å². The van der Waals surface area contributed by atoms with Gasteiger partial charge in [-0.15, -0.1) is 0 Å². The van der Waals surface area contributed by atoms with Crippen LogP contribution in [0.2, 0.25) is 0 Å². The van der Waals surface area contributed by atoms with Crippen molar-refractivity contribution in [1.82, 2.24) is 5.32 Å². The highest BCUT2D eigenvalue weighted by Gasteiger charge is 2.38. The fourth-order valence-corrected chi connectivity index (χ4v) is 4.31. The zero-order valence-corrected chi connectivity index (χ0v) is 17.4. The standard InChI is InChI=1S/C24H23N3O4/c1-14-6-3-4-7-18(14)26-24(29)21-15(2)25-19-8-5-9-20(28)23(19)22(21)16-10-12-17(13-11-16)27(30)31/h3-4,6-7,10-13,22,25H,5,8-9H2,1-2H3,(H,26,29). The van der Waals surface area contributed by atoms with Crippen LogP contribution in [0.4, 0.5) is 11.4 Å². The lowest BCUT2D eigenvalue weighted by atomic mass is 9.75. The summed E-state index contributed by atoms with van der Waals surface area (Å²) in [6.45, 7) is 3.74. The third-order valence-electron chi connectivity index (χ3n) is 5.85. The number of benzene rings is 2. The Bertz CT molecular complexity index is 1150. The van der Waals surface area contributed by atoms with Gasteiger partial charge in [-0.3, -0.25) is 19.7 Å². The van der Waals surface area contributed by atoms with E-state index in [1.54, 1.807) is 12.1 Å². The van der Waals surface area contributed by atoms with E-state index < -0.39 is 10.8 Å². The van der Waals surface area contributed by atoms with Crippen molar-refractivity contribution < 1.29 is 14.5 Å². The number of nitro groups is 1. The number of nitro benzene ring substituents is 1. The predicted molar refractivity (Wildman–Crippen MR) is 117 cm³/mol. The van der Waals surface area contributed by atoms with Crippen LogP contribution in [-0.4, -0.2) is 16.6 Å². The molecule has 31 heavy (non-hydrogen) atoms. The molecule has 1 aliphatic heterocycles. The van der Waals surface area contributed by atoms with Crippen LogP contribution in [0.1, 0.15) is 43.2 Å². The topological polar surface area (TPSA) is 101 Å².